The van der Waals surface area contributed by atoms with Crippen molar-refractivity contribution in [2.24, 2.45) is 0 Å². The average molecular weight is 383 g/mol. The number of H-pyrrole nitrogens is 1. The van der Waals surface area contributed by atoms with Gasteiger partial charge < -0.3 is 15.0 Å². The molecule has 1 heterocycles. The van der Waals surface area contributed by atoms with Crippen molar-refractivity contribution in [1.82, 2.24) is 10.3 Å². The standard InChI is InChI=1S/C21H19ClN2O3/c22-17-5-3-4-15(12-17)8-9-21(26)27-14-20(25)23-11-10-16-13-24-19-7-2-1-6-18(16)19/h1-9,12-13,24H,10-11,14H2,(H,23,25)/b9-8+. The first-order valence-corrected chi connectivity index (χ1v) is 8.92. The Labute approximate surface area is 162 Å². The maximum Gasteiger partial charge on any atom is 0.331 e. The van der Waals surface area contributed by atoms with E-state index in [1.54, 1.807) is 24.3 Å². The van der Waals surface area contributed by atoms with Gasteiger partial charge in [-0.2, -0.15) is 0 Å². The minimum Gasteiger partial charge on any atom is -0.452 e. The number of hydrogen-bond donors (Lipinski definition) is 2. The molecule has 1 amide bonds. The molecule has 1 aromatic heterocycles. The van der Waals surface area contributed by atoms with Crippen LogP contribution in [0.1, 0.15) is 11.1 Å². The number of esters is 1. The van der Waals surface area contributed by atoms with Gasteiger partial charge in [-0.15, -0.1) is 0 Å². The molecule has 0 aliphatic heterocycles. The zero-order valence-corrected chi connectivity index (χ0v) is 15.3. The summed E-state index contributed by atoms with van der Waals surface area (Å²) in [5.41, 5.74) is 2.98. The summed E-state index contributed by atoms with van der Waals surface area (Å²) in [6, 6.07) is 15.1. The van der Waals surface area contributed by atoms with Gasteiger partial charge in [0.1, 0.15) is 0 Å². The lowest BCUT2D eigenvalue weighted by Gasteiger charge is -2.05. The fraction of sp³-hybridized carbons (Fsp3) is 0.143. The first-order valence-electron chi connectivity index (χ1n) is 8.54. The maximum atomic E-state index is 11.8. The smallest absolute Gasteiger partial charge is 0.331 e. The Morgan fingerprint density at radius 2 is 2.00 bits per heavy atom. The lowest BCUT2D eigenvalue weighted by molar-refractivity contribution is -0.143. The SMILES string of the molecule is O=C(COC(=O)/C=C/c1cccc(Cl)c1)NCCc1c[nH]c2ccccc12. The van der Waals surface area contributed by atoms with E-state index in [-0.39, 0.29) is 12.5 Å². The molecule has 0 atom stereocenters. The molecule has 0 fully saturated rings. The molecule has 138 valence electrons. The van der Waals surface area contributed by atoms with Gasteiger partial charge in [0.05, 0.1) is 0 Å². The number of halogens is 1. The molecule has 6 heteroatoms. The zero-order chi connectivity index (χ0) is 19.1. The minimum atomic E-state index is -0.582. The fourth-order valence-electron chi connectivity index (χ4n) is 2.69. The number of rotatable bonds is 7. The van der Waals surface area contributed by atoms with E-state index in [1.165, 1.54) is 6.08 Å². The molecule has 27 heavy (non-hydrogen) atoms. The van der Waals surface area contributed by atoms with Gasteiger partial charge in [-0.25, -0.2) is 4.79 Å². The van der Waals surface area contributed by atoms with E-state index in [4.69, 9.17) is 16.3 Å². The van der Waals surface area contributed by atoms with E-state index in [9.17, 15) is 9.59 Å². The van der Waals surface area contributed by atoms with E-state index in [2.05, 4.69) is 10.3 Å². The van der Waals surface area contributed by atoms with E-state index in [0.29, 0.717) is 18.0 Å². The number of aromatic nitrogens is 1. The van der Waals surface area contributed by atoms with Crippen molar-refractivity contribution < 1.29 is 14.3 Å². The first-order chi connectivity index (χ1) is 13.1. The molecule has 5 nitrogen and oxygen atoms in total. The molecule has 3 rings (SSSR count). The molecular weight excluding hydrogens is 364 g/mol. The van der Waals surface area contributed by atoms with E-state index >= 15 is 0 Å². The molecule has 0 aliphatic carbocycles. The van der Waals surface area contributed by atoms with Gasteiger partial charge in [0.15, 0.2) is 6.61 Å². The van der Waals surface area contributed by atoms with Crippen LogP contribution in [0.25, 0.3) is 17.0 Å². The Hall–Kier alpha value is -3.05. The molecule has 0 unspecified atom stereocenters. The molecule has 3 aromatic rings. The number of aromatic amines is 1. The van der Waals surface area contributed by atoms with Gasteiger partial charge in [-0.3, -0.25) is 4.79 Å². The van der Waals surface area contributed by atoms with Crippen molar-refractivity contribution in [1.29, 1.82) is 0 Å². The van der Waals surface area contributed by atoms with Crippen LogP contribution in [0, 0.1) is 0 Å². The molecular formula is C21H19ClN2O3. The minimum absolute atomic E-state index is 0.313. The third-order valence-corrected chi connectivity index (χ3v) is 4.23. The van der Waals surface area contributed by atoms with Crippen molar-refractivity contribution in [2.75, 3.05) is 13.2 Å². The summed E-state index contributed by atoms with van der Waals surface area (Å²) in [7, 11) is 0. The molecule has 0 radical (unpaired) electrons. The number of para-hydroxylation sites is 1. The molecule has 0 bridgehead atoms. The number of fused-ring (bicyclic) bond motifs is 1. The van der Waals surface area contributed by atoms with Gasteiger partial charge in [-0.1, -0.05) is 41.9 Å². The van der Waals surface area contributed by atoms with Crippen LogP contribution in [0.4, 0.5) is 0 Å². The zero-order valence-electron chi connectivity index (χ0n) is 14.6. The van der Waals surface area contributed by atoms with Crippen LogP contribution < -0.4 is 5.32 Å². The van der Waals surface area contributed by atoms with Crippen molar-refractivity contribution in [3.63, 3.8) is 0 Å². The summed E-state index contributed by atoms with van der Waals surface area (Å²) in [6.07, 6.45) is 5.49. The third-order valence-electron chi connectivity index (χ3n) is 4.00. The monoisotopic (exact) mass is 382 g/mol. The molecule has 2 aromatic carbocycles. The van der Waals surface area contributed by atoms with Crippen molar-refractivity contribution in [3.8, 4) is 0 Å². The normalized spacial score (nSPS) is 11.0. The Morgan fingerprint density at radius 1 is 1.15 bits per heavy atom. The van der Waals surface area contributed by atoms with Crippen LogP contribution in [-0.4, -0.2) is 30.0 Å². The highest BCUT2D eigenvalue weighted by atomic mass is 35.5. The number of ether oxygens (including phenoxy) is 1. The number of carbonyl (C=O) groups excluding carboxylic acids is 2. The summed E-state index contributed by atoms with van der Waals surface area (Å²) in [5.74, 6) is -0.916. The number of hydrogen-bond acceptors (Lipinski definition) is 3. The topological polar surface area (TPSA) is 71.2 Å². The Bertz CT molecular complexity index is 978. The quantitative estimate of drug-likeness (QED) is 0.483. The maximum absolute atomic E-state index is 11.8. The molecule has 0 spiro atoms. The summed E-state index contributed by atoms with van der Waals surface area (Å²) in [6.45, 7) is 0.156. The highest BCUT2D eigenvalue weighted by Gasteiger charge is 2.06. The van der Waals surface area contributed by atoms with Crippen LogP contribution in [0.5, 0.6) is 0 Å². The number of nitrogens with one attached hydrogen (secondary N) is 2. The third kappa shape index (κ3) is 5.46. The van der Waals surface area contributed by atoms with E-state index in [0.717, 1.165) is 22.0 Å². The Balaban J connectivity index is 1.40. The van der Waals surface area contributed by atoms with Gasteiger partial charge in [0.25, 0.3) is 5.91 Å². The van der Waals surface area contributed by atoms with E-state index in [1.807, 2.05) is 36.5 Å². The van der Waals surface area contributed by atoms with Crippen molar-refractivity contribution >= 4 is 40.5 Å². The molecule has 0 aliphatic rings. The van der Waals surface area contributed by atoms with E-state index < -0.39 is 5.97 Å². The van der Waals surface area contributed by atoms with Gasteiger partial charge >= 0.3 is 5.97 Å². The van der Waals surface area contributed by atoms with Gasteiger partial charge in [0.2, 0.25) is 0 Å². The second-order valence-corrected chi connectivity index (χ2v) is 6.39. The second-order valence-electron chi connectivity index (χ2n) is 5.96. The average Bonchev–Trinajstić information content (AvgIpc) is 3.08. The summed E-state index contributed by atoms with van der Waals surface area (Å²) >= 11 is 5.88. The van der Waals surface area contributed by atoms with Crippen LogP contribution in [-0.2, 0) is 20.7 Å². The summed E-state index contributed by atoms with van der Waals surface area (Å²) < 4.78 is 4.94. The predicted molar refractivity (Wildman–Crippen MR) is 106 cm³/mol. The Kier molecular flexibility index (Phi) is 6.28. The summed E-state index contributed by atoms with van der Waals surface area (Å²) in [5, 5.41) is 4.48. The molecule has 0 saturated heterocycles. The van der Waals surface area contributed by atoms with Gasteiger partial charge in [-0.05, 0) is 41.8 Å². The lowest BCUT2D eigenvalue weighted by Crippen LogP contribution is -2.30. The van der Waals surface area contributed by atoms with Crippen LogP contribution in [0.3, 0.4) is 0 Å². The fourth-order valence-corrected chi connectivity index (χ4v) is 2.88. The van der Waals surface area contributed by atoms with Crippen LogP contribution >= 0.6 is 11.6 Å². The highest BCUT2D eigenvalue weighted by Crippen LogP contribution is 2.17. The number of benzene rings is 2. The second kappa shape index (κ2) is 9.05. The highest BCUT2D eigenvalue weighted by molar-refractivity contribution is 6.30. The largest absolute Gasteiger partial charge is 0.452 e. The van der Waals surface area contributed by atoms with Gasteiger partial charge in [0, 0.05) is 34.7 Å². The van der Waals surface area contributed by atoms with Crippen molar-refractivity contribution in [2.45, 2.75) is 6.42 Å². The first kappa shape index (κ1) is 18.7. The molecule has 2 N–H and O–H groups in total. The van der Waals surface area contributed by atoms with Crippen LogP contribution in [0.15, 0.2) is 60.8 Å². The van der Waals surface area contributed by atoms with Crippen LogP contribution in [0.2, 0.25) is 5.02 Å². The Morgan fingerprint density at radius 3 is 2.85 bits per heavy atom. The summed E-state index contributed by atoms with van der Waals surface area (Å²) in [4.78, 5) is 26.7. The molecule has 0 saturated carbocycles. The van der Waals surface area contributed by atoms with Crippen molar-refractivity contribution in [3.05, 3.63) is 77.0 Å². The number of amides is 1. The number of carbonyl (C=O) groups is 2. The predicted octanol–water partition coefficient (Wildman–Crippen LogP) is 3.74. The lowest BCUT2D eigenvalue weighted by atomic mass is 10.1.